The zero-order chi connectivity index (χ0) is 18.1. The van der Waals surface area contributed by atoms with Crippen molar-refractivity contribution in [2.45, 2.75) is 17.8 Å². The third kappa shape index (κ3) is 3.57. The van der Waals surface area contributed by atoms with Gasteiger partial charge in [-0.05, 0) is 19.1 Å². The molecule has 26 heavy (non-hydrogen) atoms. The molecule has 0 aliphatic heterocycles. The van der Waals surface area contributed by atoms with E-state index in [1.54, 1.807) is 34.4 Å². The number of benzene rings is 1. The van der Waals surface area contributed by atoms with Crippen LogP contribution >= 0.6 is 46.0 Å². The van der Waals surface area contributed by atoms with E-state index in [1.807, 2.05) is 35.9 Å². The Hall–Kier alpha value is -1.67. The highest BCUT2D eigenvalue weighted by Gasteiger charge is 2.14. The van der Waals surface area contributed by atoms with Gasteiger partial charge in [-0.25, -0.2) is 4.98 Å². The van der Waals surface area contributed by atoms with Gasteiger partial charge < -0.3 is 4.57 Å². The number of rotatable bonds is 5. The van der Waals surface area contributed by atoms with Crippen LogP contribution in [0.5, 0.6) is 0 Å². The third-order valence-corrected chi connectivity index (χ3v) is 7.00. The number of nitrogens with zero attached hydrogens (tertiary/aromatic N) is 4. The molecule has 0 saturated carbocycles. The fraction of sp³-hybridized carbons (Fsp3) is 0.167. The Morgan fingerprint density at radius 1 is 1.15 bits per heavy atom. The second-order valence-corrected chi connectivity index (χ2v) is 9.05. The van der Waals surface area contributed by atoms with Crippen molar-refractivity contribution in [2.24, 2.45) is 7.05 Å². The fourth-order valence-corrected chi connectivity index (χ4v) is 5.25. The summed E-state index contributed by atoms with van der Waals surface area (Å²) in [6.45, 7) is 2.10. The van der Waals surface area contributed by atoms with Crippen molar-refractivity contribution in [2.75, 3.05) is 0 Å². The molecule has 0 spiro atoms. The minimum Gasteiger partial charge on any atom is -0.305 e. The van der Waals surface area contributed by atoms with Gasteiger partial charge in [0.05, 0.1) is 10.7 Å². The molecule has 0 radical (unpaired) electrons. The zero-order valence-electron chi connectivity index (χ0n) is 14.1. The summed E-state index contributed by atoms with van der Waals surface area (Å²) in [6, 6.07) is 9.93. The number of hydrogen-bond acceptors (Lipinski definition) is 6. The van der Waals surface area contributed by atoms with E-state index in [2.05, 4.69) is 33.9 Å². The smallest absolute Gasteiger partial charge is 0.191 e. The topological polar surface area (TPSA) is 43.6 Å². The molecule has 0 amide bonds. The first-order chi connectivity index (χ1) is 12.6. The minimum atomic E-state index is 0.727. The van der Waals surface area contributed by atoms with Gasteiger partial charge in [-0.2, -0.15) is 0 Å². The van der Waals surface area contributed by atoms with E-state index in [9.17, 15) is 0 Å². The number of thioether (sulfide) groups is 1. The quantitative estimate of drug-likeness (QED) is 0.377. The van der Waals surface area contributed by atoms with Gasteiger partial charge in [-0.15, -0.1) is 32.9 Å². The maximum atomic E-state index is 6.27. The van der Waals surface area contributed by atoms with Crippen molar-refractivity contribution in [3.63, 3.8) is 0 Å². The highest BCUT2D eigenvalue weighted by molar-refractivity contribution is 7.98. The van der Waals surface area contributed by atoms with Crippen LogP contribution in [-0.4, -0.2) is 19.7 Å². The molecular formula is C18H15ClN4S3. The van der Waals surface area contributed by atoms with E-state index in [-0.39, 0.29) is 0 Å². The van der Waals surface area contributed by atoms with E-state index >= 15 is 0 Å². The molecule has 3 heterocycles. The SMILES string of the molecule is Cc1cc(-c2nnc(SCc3csc(-c4ccccc4Cl)n3)n2C)cs1. The molecule has 0 aliphatic rings. The zero-order valence-corrected chi connectivity index (χ0v) is 17.3. The van der Waals surface area contributed by atoms with Crippen molar-refractivity contribution in [3.8, 4) is 22.0 Å². The Morgan fingerprint density at radius 3 is 2.77 bits per heavy atom. The lowest BCUT2D eigenvalue weighted by atomic mass is 10.2. The summed E-state index contributed by atoms with van der Waals surface area (Å²) in [4.78, 5) is 5.98. The van der Waals surface area contributed by atoms with Gasteiger partial charge in [-0.1, -0.05) is 41.6 Å². The molecule has 3 aromatic heterocycles. The highest BCUT2D eigenvalue weighted by atomic mass is 35.5. The molecule has 4 rings (SSSR count). The van der Waals surface area contributed by atoms with Gasteiger partial charge in [0.2, 0.25) is 0 Å². The summed E-state index contributed by atoms with van der Waals surface area (Å²) in [6.07, 6.45) is 0. The summed E-state index contributed by atoms with van der Waals surface area (Å²) in [5, 5.41) is 15.4. The van der Waals surface area contributed by atoms with Crippen molar-refractivity contribution >= 4 is 46.0 Å². The summed E-state index contributed by atoms with van der Waals surface area (Å²) < 4.78 is 2.04. The molecule has 0 bridgehead atoms. The van der Waals surface area contributed by atoms with Crippen LogP contribution in [0.15, 0.2) is 46.2 Å². The molecule has 0 aliphatic carbocycles. The standard InChI is InChI=1S/C18H15ClN4S3/c1-11-7-12(8-24-11)16-21-22-18(23(16)2)26-10-13-9-25-17(20-13)14-5-3-4-6-15(14)19/h3-9H,10H2,1-2H3. The Morgan fingerprint density at radius 2 is 2.00 bits per heavy atom. The first-order valence-electron chi connectivity index (χ1n) is 7.89. The van der Waals surface area contributed by atoms with Crippen LogP contribution < -0.4 is 0 Å². The normalized spacial score (nSPS) is 11.2. The fourth-order valence-electron chi connectivity index (χ4n) is 2.52. The third-order valence-electron chi connectivity index (χ3n) is 3.83. The summed E-state index contributed by atoms with van der Waals surface area (Å²) in [7, 11) is 2.00. The lowest BCUT2D eigenvalue weighted by Crippen LogP contribution is -1.94. The predicted octanol–water partition coefficient (Wildman–Crippen LogP) is 5.92. The van der Waals surface area contributed by atoms with Crippen molar-refractivity contribution in [1.82, 2.24) is 19.7 Å². The van der Waals surface area contributed by atoms with Crippen LogP contribution in [0.4, 0.5) is 0 Å². The van der Waals surface area contributed by atoms with Crippen LogP contribution in [0.2, 0.25) is 5.02 Å². The Balaban J connectivity index is 1.49. The molecule has 4 nitrogen and oxygen atoms in total. The van der Waals surface area contributed by atoms with E-state index in [0.29, 0.717) is 0 Å². The average Bonchev–Trinajstić information content (AvgIpc) is 3.34. The van der Waals surface area contributed by atoms with Crippen LogP contribution in [-0.2, 0) is 12.8 Å². The summed E-state index contributed by atoms with van der Waals surface area (Å²) >= 11 is 11.2. The maximum Gasteiger partial charge on any atom is 0.191 e. The first-order valence-corrected chi connectivity index (χ1v) is 11.0. The number of aryl methyl sites for hydroxylation is 1. The number of aromatic nitrogens is 4. The molecular weight excluding hydrogens is 404 g/mol. The second-order valence-electron chi connectivity index (χ2n) is 5.72. The number of thiazole rings is 1. The van der Waals surface area contributed by atoms with Crippen LogP contribution in [0.1, 0.15) is 10.6 Å². The van der Waals surface area contributed by atoms with E-state index < -0.39 is 0 Å². The number of thiophene rings is 1. The molecule has 0 N–H and O–H groups in total. The van der Waals surface area contributed by atoms with Gasteiger partial charge in [0.1, 0.15) is 5.01 Å². The summed E-state index contributed by atoms with van der Waals surface area (Å²) in [5.74, 6) is 1.64. The van der Waals surface area contributed by atoms with Crippen molar-refractivity contribution in [3.05, 3.63) is 56.7 Å². The largest absolute Gasteiger partial charge is 0.305 e. The average molecular weight is 419 g/mol. The highest BCUT2D eigenvalue weighted by Crippen LogP contribution is 2.32. The number of hydrogen-bond donors (Lipinski definition) is 0. The van der Waals surface area contributed by atoms with Crippen LogP contribution in [0.3, 0.4) is 0 Å². The molecule has 0 fully saturated rings. The van der Waals surface area contributed by atoms with Gasteiger partial charge in [0, 0.05) is 39.6 Å². The van der Waals surface area contributed by atoms with Crippen LogP contribution in [0, 0.1) is 6.92 Å². The molecule has 0 saturated heterocycles. The molecule has 132 valence electrons. The molecule has 0 atom stereocenters. The predicted molar refractivity (Wildman–Crippen MR) is 111 cm³/mol. The lowest BCUT2D eigenvalue weighted by molar-refractivity contribution is 0.793. The van der Waals surface area contributed by atoms with Gasteiger partial charge in [0.15, 0.2) is 11.0 Å². The van der Waals surface area contributed by atoms with E-state index in [4.69, 9.17) is 16.6 Å². The molecule has 1 aromatic carbocycles. The molecule has 4 aromatic rings. The molecule has 0 unspecified atom stereocenters. The van der Waals surface area contributed by atoms with E-state index in [1.165, 1.54) is 4.88 Å². The van der Waals surface area contributed by atoms with Gasteiger partial charge in [0.25, 0.3) is 0 Å². The summed E-state index contributed by atoms with van der Waals surface area (Å²) in [5.41, 5.74) is 3.11. The Kier molecular flexibility index (Phi) is 5.13. The molecule has 8 heteroatoms. The lowest BCUT2D eigenvalue weighted by Gasteiger charge is -2.01. The van der Waals surface area contributed by atoms with Crippen molar-refractivity contribution in [1.29, 1.82) is 0 Å². The van der Waals surface area contributed by atoms with Gasteiger partial charge in [-0.3, -0.25) is 0 Å². The Labute approximate surface area is 168 Å². The van der Waals surface area contributed by atoms with Crippen LogP contribution in [0.25, 0.3) is 22.0 Å². The monoisotopic (exact) mass is 418 g/mol. The minimum absolute atomic E-state index is 0.727. The Bertz CT molecular complexity index is 1050. The second kappa shape index (κ2) is 7.52. The number of halogens is 1. The first kappa shape index (κ1) is 17.7. The maximum absolute atomic E-state index is 6.27. The van der Waals surface area contributed by atoms with Gasteiger partial charge >= 0.3 is 0 Å². The van der Waals surface area contributed by atoms with Crippen molar-refractivity contribution < 1.29 is 0 Å². The van der Waals surface area contributed by atoms with E-state index in [0.717, 1.165) is 43.6 Å².